The van der Waals surface area contributed by atoms with Gasteiger partial charge in [0.05, 0.1) is 5.69 Å². The van der Waals surface area contributed by atoms with Gasteiger partial charge in [-0.05, 0) is 73.5 Å². The number of amides is 3. The average molecular weight is 515 g/mol. The minimum Gasteiger partial charge on any atom is -0.368 e. The number of hydrogen-bond donors (Lipinski definition) is 1. The molecule has 8 heteroatoms. The van der Waals surface area contributed by atoms with E-state index in [1.54, 1.807) is 36.4 Å². The first-order valence-electron chi connectivity index (χ1n) is 12.2. The van der Waals surface area contributed by atoms with Crippen LogP contribution in [0.3, 0.4) is 0 Å². The van der Waals surface area contributed by atoms with Crippen LogP contribution in [0.4, 0.5) is 17.1 Å². The lowest BCUT2D eigenvalue weighted by Gasteiger charge is -2.36. The lowest BCUT2D eigenvalue weighted by Crippen LogP contribution is -2.48. The Balaban J connectivity index is 1.24. The number of imide groups is 1. The number of rotatable bonds is 5. The summed E-state index contributed by atoms with van der Waals surface area (Å²) >= 11 is 6.27. The number of benzene rings is 3. The summed E-state index contributed by atoms with van der Waals surface area (Å²) < 4.78 is 0. The molecule has 7 nitrogen and oxygen atoms in total. The number of halogens is 1. The maximum absolute atomic E-state index is 13.1. The van der Waals surface area contributed by atoms with E-state index in [9.17, 15) is 14.4 Å². The van der Waals surface area contributed by atoms with E-state index < -0.39 is 11.8 Å². The first kappa shape index (κ1) is 24.6. The Morgan fingerprint density at radius 2 is 1.46 bits per heavy atom. The number of hydrogen-bond acceptors (Lipinski definition) is 5. The summed E-state index contributed by atoms with van der Waals surface area (Å²) in [6.07, 6.45) is 0. The molecule has 1 fully saturated rings. The van der Waals surface area contributed by atoms with Gasteiger partial charge in [-0.1, -0.05) is 35.9 Å². The fourth-order valence-electron chi connectivity index (χ4n) is 4.54. The standard InChI is InChI=1S/C29H27ClN4O3/c1-19-8-13-24(18-20(19)2)34-28(36)25(30)26(29(34)37)31-22-11-9-21(10-12-22)27(35)33-16-14-32(15-17-33)23-6-4-3-5-7-23/h3-13,18,31H,14-17H2,1-2H3. The monoisotopic (exact) mass is 514 g/mol. The van der Waals surface area contributed by atoms with Crippen molar-refractivity contribution in [2.75, 3.05) is 41.3 Å². The Labute approximate surface area is 220 Å². The quantitative estimate of drug-likeness (QED) is 0.500. The molecule has 5 rings (SSSR count). The summed E-state index contributed by atoms with van der Waals surface area (Å²) in [5.74, 6) is -1.13. The third-order valence-corrected chi connectivity index (χ3v) is 7.22. The van der Waals surface area contributed by atoms with Crippen LogP contribution in [0.1, 0.15) is 21.5 Å². The van der Waals surface area contributed by atoms with Gasteiger partial charge in [-0.15, -0.1) is 0 Å². The molecule has 0 unspecified atom stereocenters. The number of nitrogens with one attached hydrogen (secondary N) is 1. The molecule has 0 aliphatic carbocycles. The lowest BCUT2D eigenvalue weighted by atomic mass is 10.1. The van der Waals surface area contributed by atoms with E-state index in [-0.39, 0.29) is 16.6 Å². The van der Waals surface area contributed by atoms with E-state index in [1.807, 2.05) is 43.0 Å². The summed E-state index contributed by atoms with van der Waals surface area (Å²) in [5, 5.41) is 2.80. The van der Waals surface area contributed by atoms with Gasteiger partial charge in [0.1, 0.15) is 10.7 Å². The van der Waals surface area contributed by atoms with Crippen LogP contribution in [0.25, 0.3) is 0 Å². The normalized spacial score (nSPS) is 16.0. The smallest absolute Gasteiger partial charge is 0.283 e. The molecular formula is C29H27ClN4O3. The van der Waals surface area contributed by atoms with Crippen LogP contribution in [0.2, 0.25) is 0 Å². The maximum atomic E-state index is 13.1. The Bertz CT molecular complexity index is 1390. The van der Waals surface area contributed by atoms with Gasteiger partial charge in [0, 0.05) is 43.1 Å². The topological polar surface area (TPSA) is 73.0 Å². The molecule has 3 aromatic rings. The van der Waals surface area contributed by atoms with E-state index in [1.165, 1.54) is 0 Å². The zero-order valence-corrected chi connectivity index (χ0v) is 21.5. The van der Waals surface area contributed by atoms with Crippen molar-refractivity contribution in [1.29, 1.82) is 0 Å². The van der Waals surface area contributed by atoms with Crippen molar-refractivity contribution in [3.05, 3.63) is 100 Å². The van der Waals surface area contributed by atoms with E-state index >= 15 is 0 Å². The summed E-state index contributed by atoms with van der Waals surface area (Å²) in [6.45, 7) is 6.71. The number of anilines is 3. The molecule has 37 heavy (non-hydrogen) atoms. The van der Waals surface area contributed by atoms with Crippen molar-refractivity contribution < 1.29 is 14.4 Å². The highest BCUT2D eigenvalue weighted by Gasteiger charge is 2.39. The highest BCUT2D eigenvalue weighted by molar-refractivity contribution is 6.53. The van der Waals surface area contributed by atoms with E-state index in [0.717, 1.165) is 34.8 Å². The zero-order valence-electron chi connectivity index (χ0n) is 20.7. The molecular weight excluding hydrogens is 488 g/mol. The van der Waals surface area contributed by atoms with Gasteiger partial charge in [-0.25, -0.2) is 4.90 Å². The summed E-state index contributed by atoms with van der Waals surface area (Å²) in [4.78, 5) is 44.1. The van der Waals surface area contributed by atoms with E-state index in [2.05, 4.69) is 22.3 Å². The minimum absolute atomic E-state index is 0.0148. The van der Waals surface area contributed by atoms with Crippen molar-refractivity contribution >= 4 is 46.4 Å². The number of aryl methyl sites for hydroxylation is 2. The Hall–Kier alpha value is -4.10. The maximum Gasteiger partial charge on any atom is 0.283 e. The molecule has 2 aliphatic rings. The van der Waals surface area contributed by atoms with Crippen LogP contribution in [-0.2, 0) is 9.59 Å². The molecule has 0 radical (unpaired) electrons. The Kier molecular flexibility index (Phi) is 6.72. The molecule has 0 bridgehead atoms. The molecule has 3 aromatic carbocycles. The molecule has 188 valence electrons. The van der Waals surface area contributed by atoms with Gasteiger partial charge in [-0.3, -0.25) is 14.4 Å². The third kappa shape index (κ3) is 4.82. The molecule has 1 N–H and O–H groups in total. The molecule has 0 saturated carbocycles. The predicted octanol–water partition coefficient (Wildman–Crippen LogP) is 4.70. The van der Waals surface area contributed by atoms with Crippen LogP contribution in [-0.4, -0.2) is 48.8 Å². The average Bonchev–Trinajstić information content (AvgIpc) is 3.14. The minimum atomic E-state index is -0.570. The molecule has 2 aliphatic heterocycles. The van der Waals surface area contributed by atoms with E-state index in [0.29, 0.717) is 30.0 Å². The van der Waals surface area contributed by atoms with Crippen LogP contribution >= 0.6 is 11.6 Å². The number of para-hydroxylation sites is 1. The first-order chi connectivity index (χ1) is 17.8. The largest absolute Gasteiger partial charge is 0.368 e. The highest BCUT2D eigenvalue weighted by Crippen LogP contribution is 2.31. The van der Waals surface area contributed by atoms with Gasteiger partial charge >= 0.3 is 0 Å². The molecule has 1 saturated heterocycles. The van der Waals surface area contributed by atoms with Gasteiger partial charge in [0.2, 0.25) is 0 Å². The second-order valence-electron chi connectivity index (χ2n) is 9.22. The second kappa shape index (κ2) is 10.1. The highest BCUT2D eigenvalue weighted by atomic mass is 35.5. The number of nitrogens with zero attached hydrogens (tertiary/aromatic N) is 3. The van der Waals surface area contributed by atoms with Gasteiger partial charge in [0.25, 0.3) is 17.7 Å². The Morgan fingerprint density at radius 1 is 0.784 bits per heavy atom. The van der Waals surface area contributed by atoms with Crippen LogP contribution in [0.5, 0.6) is 0 Å². The number of carbonyl (C=O) groups is 3. The third-order valence-electron chi connectivity index (χ3n) is 6.87. The van der Waals surface area contributed by atoms with Crippen molar-refractivity contribution in [2.24, 2.45) is 0 Å². The fourth-order valence-corrected chi connectivity index (χ4v) is 4.75. The second-order valence-corrected chi connectivity index (χ2v) is 9.60. The van der Waals surface area contributed by atoms with Crippen molar-refractivity contribution in [3.8, 4) is 0 Å². The van der Waals surface area contributed by atoms with Crippen LogP contribution in [0, 0.1) is 13.8 Å². The van der Waals surface area contributed by atoms with Gasteiger partial charge in [0.15, 0.2) is 0 Å². The van der Waals surface area contributed by atoms with Gasteiger partial charge in [-0.2, -0.15) is 0 Å². The molecule has 0 aromatic heterocycles. The fraction of sp³-hybridized carbons (Fsp3) is 0.207. The van der Waals surface area contributed by atoms with Crippen molar-refractivity contribution in [1.82, 2.24) is 4.90 Å². The molecule has 0 atom stereocenters. The molecule has 2 heterocycles. The zero-order chi connectivity index (χ0) is 26.1. The Morgan fingerprint density at radius 3 is 2.11 bits per heavy atom. The molecule has 3 amide bonds. The summed E-state index contributed by atoms with van der Waals surface area (Å²) in [5.41, 5.74) is 4.80. The predicted molar refractivity (Wildman–Crippen MR) is 146 cm³/mol. The van der Waals surface area contributed by atoms with Crippen LogP contribution in [0.15, 0.2) is 83.5 Å². The van der Waals surface area contributed by atoms with Gasteiger partial charge < -0.3 is 15.1 Å². The SMILES string of the molecule is Cc1ccc(N2C(=O)C(Cl)=C(Nc3ccc(C(=O)N4CCN(c5ccccc5)CC4)cc3)C2=O)cc1C. The van der Waals surface area contributed by atoms with E-state index in [4.69, 9.17) is 11.6 Å². The summed E-state index contributed by atoms with van der Waals surface area (Å²) in [6, 6.07) is 22.4. The summed E-state index contributed by atoms with van der Waals surface area (Å²) in [7, 11) is 0. The first-order valence-corrected chi connectivity index (χ1v) is 12.5. The molecule has 0 spiro atoms. The number of carbonyl (C=O) groups excluding carboxylic acids is 3. The van der Waals surface area contributed by atoms with Crippen LogP contribution < -0.4 is 15.1 Å². The van der Waals surface area contributed by atoms with Crippen molar-refractivity contribution in [3.63, 3.8) is 0 Å². The van der Waals surface area contributed by atoms with Crippen molar-refractivity contribution in [2.45, 2.75) is 13.8 Å². The lowest BCUT2D eigenvalue weighted by molar-refractivity contribution is -0.120. The number of piperazine rings is 1.